The molecular weight excluding hydrogens is 296 g/mol. The third-order valence-electron chi connectivity index (χ3n) is 3.30. The molecule has 0 spiro atoms. The fraction of sp³-hybridized carbons (Fsp3) is 0.176. The molecule has 1 N–H and O–H groups in total. The molecule has 22 heavy (non-hydrogen) atoms. The number of benzene rings is 1. The van der Waals surface area contributed by atoms with E-state index in [9.17, 15) is 4.79 Å². The molecule has 0 saturated carbocycles. The highest BCUT2D eigenvalue weighted by Gasteiger charge is 2.08. The summed E-state index contributed by atoms with van der Waals surface area (Å²) in [5, 5.41) is 5.99. The molecule has 1 amide bonds. The molecule has 0 aliphatic heterocycles. The van der Waals surface area contributed by atoms with Gasteiger partial charge in [-0.05, 0) is 30.7 Å². The van der Waals surface area contributed by atoms with E-state index in [1.165, 1.54) is 0 Å². The molecule has 0 aliphatic carbocycles. The Balaban J connectivity index is 1.66. The Labute approximate surface area is 132 Å². The molecule has 3 rings (SSSR count). The van der Waals surface area contributed by atoms with Crippen molar-refractivity contribution in [1.82, 2.24) is 10.3 Å². The van der Waals surface area contributed by atoms with Crippen LogP contribution >= 0.6 is 11.3 Å². The third kappa shape index (κ3) is 3.26. The highest BCUT2D eigenvalue weighted by Crippen LogP contribution is 2.22. The number of rotatable bonds is 5. The van der Waals surface area contributed by atoms with Crippen molar-refractivity contribution in [3.8, 4) is 11.3 Å². The number of aromatic nitrogens is 1. The second-order valence-electron chi connectivity index (χ2n) is 4.82. The van der Waals surface area contributed by atoms with Crippen LogP contribution in [0.3, 0.4) is 0 Å². The van der Waals surface area contributed by atoms with E-state index in [2.05, 4.69) is 17.2 Å². The van der Waals surface area contributed by atoms with Gasteiger partial charge >= 0.3 is 0 Å². The smallest absolute Gasteiger partial charge is 0.251 e. The quantitative estimate of drug-likeness (QED) is 0.777. The van der Waals surface area contributed by atoms with Gasteiger partial charge in [-0.2, -0.15) is 0 Å². The van der Waals surface area contributed by atoms with Crippen molar-refractivity contribution in [2.45, 2.75) is 19.9 Å². The fourth-order valence-electron chi connectivity index (χ4n) is 2.08. The number of hydrogen-bond donors (Lipinski definition) is 1. The summed E-state index contributed by atoms with van der Waals surface area (Å²) < 4.78 is 5.19. The van der Waals surface area contributed by atoms with E-state index in [1.54, 1.807) is 23.7 Å². The minimum atomic E-state index is -0.115. The largest absolute Gasteiger partial charge is 0.467 e. The van der Waals surface area contributed by atoms with Crippen molar-refractivity contribution in [3.63, 3.8) is 0 Å². The van der Waals surface area contributed by atoms with Crippen LogP contribution in [0.5, 0.6) is 0 Å². The van der Waals surface area contributed by atoms with E-state index in [4.69, 9.17) is 4.42 Å². The Bertz CT molecular complexity index is 745. The van der Waals surface area contributed by atoms with Crippen molar-refractivity contribution in [1.29, 1.82) is 0 Å². The van der Waals surface area contributed by atoms with E-state index in [-0.39, 0.29) is 5.91 Å². The van der Waals surface area contributed by atoms with Crippen molar-refractivity contribution in [3.05, 3.63) is 64.4 Å². The van der Waals surface area contributed by atoms with Gasteiger partial charge in [0.2, 0.25) is 0 Å². The average molecular weight is 312 g/mol. The molecule has 0 atom stereocenters. The normalized spacial score (nSPS) is 10.6. The Kier molecular flexibility index (Phi) is 4.34. The Morgan fingerprint density at radius 3 is 2.73 bits per heavy atom. The van der Waals surface area contributed by atoms with Crippen molar-refractivity contribution in [2.75, 3.05) is 0 Å². The zero-order valence-corrected chi connectivity index (χ0v) is 13.0. The average Bonchev–Trinajstić information content (AvgIpc) is 3.24. The number of hydrogen-bond acceptors (Lipinski definition) is 4. The van der Waals surface area contributed by atoms with Crippen molar-refractivity contribution in [2.24, 2.45) is 0 Å². The number of nitrogens with one attached hydrogen (secondary N) is 1. The number of nitrogens with zero attached hydrogens (tertiary/aromatic N) is 1. The summed E-state index contributed by atoms with van der Waals surface area (Å²) in [6, 6.07) is 11.1. The monoisotopic (exact) mass is 312 g/mol. The highest BCUT2D eigenvalue weighted by molar-refractivity contribution is 7.09. The van der Waals surface area contributed by atoms with Gasteiger partial charge in [0.05, 0.1) is 23.5 Å². The summed E-state index contributed by atoms with van der Waals surface area (Å²) in [5.41, 5.74) is 2.61. The lowest BCUT2D eigenvalue weighted by molar-refractivity contribution is 0.0948. The van der Waals surface area contributed by atoms with Gasteiger partial charge in [-0.25, -0.2) is 4.98 Å². The molecule has 1 aromatic carbocycles. The molecule has 2 aromatic heterocycles. The van der Waals surface area contributed by atoms with Crippen molar-refractivity contribution >= 4 is 17.2 Å². The Morgan fingerprint density at radius 1 is 1.27 bits per heavy atom. The van der Waals surface area contributed by atoms with Gasteiger partial charge in [0.25, 0.3) is 5.91 Å². The zero-order chi connectivity index (χ0) is 15.4. The lowest BCUT2D eigenvalue weighted by atomic mass is 10.1. The molecule has 0 aliphatic rings. The molecule has 0 radical (unpaired) electrons. The van der Waals surface area contributed by atoms with Gasteiger partial charge in [-0.15, -0.1) is 11.3 Å². The number of thiazole rings is 1. The molecule has 4 nitrogen and oxygen atoms in total. The molecule has 2 heterocycles. The van der Waals surface area contributed by atoms with Crippen LogP contribution in [0.2, 0.25) is 0 Å². The van der Waals surface area contributed by atoms with E-state index in [0.29, 0.717) is 12.1 Å². The summed E-state index contributed by atoms with van der Waals surface area (Å²) >= 11 is 1.66. The summed E-state index contributed by atoms with van der Waals surface area (Å²) in [4.78, 5) is 16.6. The SMILES string of the molecule is CCc1nc(-c2ccc(C(=O)NCc3ccco3)cc2)cs1. The lowest BCUT2D eigenvalue weighted by Gasteiger charge is -2.04. The zero-order valence-electron chi connectivity index (χ0n) is 12.2. The van der Waals surface area contributed by atoms with E-state index >= 15 is 0 Å². The maximum Gasteiger partial charge on any atom is 0.251 e. The van der Waals surface area contributed by atoms with Gasteiger partial charge in [-0.1, -0.05) is 19.1 Å². The highest BCUT2D eigenvalue weighted by atomic mass is 32.1. The number of amides is 1. The van der Waals surface area contributed by atoms with Crippen LogP contribution in [0.25, 0.3) is 11.3 Å². The maximum absolute atomic E-state index is 12.1. The summed E-state index contributed by atoms with van der Waals surface area (Å²) in [6.45, 7) is 2.48. The van der Waals surface area contributed by atoms with Gasteiger partial charge in [0.1, 0.15) is 5.76 Å². The second-order valence-corrected chi connectivity index (χ2v) is 5.76. The van der Waals surface area contributed by atoms with Crippen LogP contribution in [0.1, 0.15) is 28.0 Å². The third-order valence-corrected chi connectivity index (χ3v) is 4.29. The van der Waals surface area contributed by atoms with Gasteiger partial charge in [0, 0.05) is 16.5 Å². The maximum atomic E-state index is 12.1. The van der Waals surface area contributed by atoms with E-state index in [1.807, 2.05) is 35.7 Å². The molecule has 0 unspecified atom stereocenters. The lowest BCUT2D eigenvalue weighted by Crippen LogP contribution is -2.22. The van der Waals surface area contributed by atoms with Crippen LogP contribution in [0.15, 0.2) is 52.5 Å². The van der Waals surface area contributed by atoms with Crippen LogP contribution in [-0.4, -0.2) is 10.9 Å². The minimum Gasteiger partial charge on any atom is -0.467 e. The summed E-state index contributed by atoms with van der Waals surface area (Å²) in [7, 11) is 0. The van der Waals surface area contributed by atoms with Crippen LogP contribution in [0, 0.1) is 0 Å². The summed E-state index contributed by atoms with van der Waals surface area (Å²) in [6.07, 6.45) is 2.53. The van der Waals surface area contributed by atoms with Crippen LogP contribution in [-0.2, 0) is 13.0 Å². The Hall–Kier alpha value is -2.40. The topological polar surface area (TPSA) is 55.1 Å². The first-order chi connectivity index (χ1) is 10.8. The first-order valence-corrected chi connectivity index (χ1v) is 7.99. The first-order valence-electron chi connectivity index (χ1n) is 7.11. The molecule has 112 valence electrons. The van der Waals surface area contributed by atoms with Crippen molar-refractivity contribution < 1.29 is 9.21 Å². The molecule has 0 bridgehead atoms. The predicted molar refractivity (Wildman–Crippen MR) is 86.8 cm³/mol. The van der Waals surface area contributed by atoms with Gasteiger partial charge in [-0.3, -0.25) is 4.79 Å². The standard InChI is InChI=1S/C17H16N2O2S/c1-2-16-19-15(11-22-16)12-5-7-13(8-6-12)17(20)18-10-14-4-3-9-21-14/h3-9,11H,2,10H2,1H3,(H,18,20). The molecule has 0 fully saturated rings. The van der Waals surface area contributed by atoms with Crippen LogP contribution < -0.4 is 5.32 Å². The number of carbonyl (C=O) groups excluding carboxylic acids is 1. The minimum absolute atomic E-state index is 0.115. The van der Waals surface area contributed by atoms with Gasteiger partial charge < -0.3 is 9.73 Å². The molecule has 0 saturated heterocycles. The van der Waals surface area contributed by atoms with E-state index < -0.39 is 0 Å². The molecule has 3 aromatic rings. The number of carbonyl (C=O) groups is 1. The number of furan rings is 1. The predicted octanol–water partition coefficient (Wildman–Crippen LogP) is 3.90. The number of aryl methyl sites for hydroxylation is 1. The first kappa shape index (κ1) is 14.5. The Morgan fingerprint density at radius 2 is 2.09 bits per heavy atom. The van der Waals surface area contributed by atoms with Crippen LogP contribution in [0.4, 0.5) is 0 Å². The van der Waals surface area contributed by atoms with E-state index in [0.717, 1.165) is 28.4 Å². The fourth-order valence-corrected chi connectivity index (χ4v) is 2.84. The molecular formula is C17H16N2O2S. The summed E-state index contributed by atoms with van der Waals surface area (Å²) in [5.74, 6) is 0.620. The van der Waals surface area contributed by atoms with Gasteiger partial charge in [0.15, 0.2) is 0 Å². The second kappa shape index (κ2) is 6.58. The molecule has 5 heteroatoms.